The average molecular weight is 308 g/mol. The van der Waals surface area contributed by atoms with Gasteiger partial charge < -0.3 is 5.32 Å². The van der Waals surface area contributed by atoms with Crippen LogP contribution in [0.5, 0.6) is 0 Å². The summed E-state index contributed by atoms with van der Waals surface area (Å²) >= 11 is 8.13. The van der Waals surface area contributed by atoms with Gasteiger partial charge in [0.2, 0.25) is 0 Å². The minimum atomic E-state index is 0.162. The van der Waals surface area contributed by atoms with Gasteiger partial charge in [0, 0.05) is 4.88 Å². The van der Waals surface area contributed by atoms with E-state index in [2.05, 4.69) is 62.7 Å². The summed E-state index contributed by atoms with van der Waals surface area (Å²) in [5.74, 6) is 0. The fourth-order valence-electron chi connectivity index (χ4n) is 2.27. The molecule has 0 aliphatic rings. The molecule has 0 fully saturated rings. The van der Waals surface area contributed by atoms with Crippen molar-refractivity contribution in [2.45, 2.75) is 39.2 Å². The fraction of sp³-hybridized carbons (Fsp3) is 0.412. The molecular weight excluding hydrogens is 286 g/mol. The molecule has 1 N–H and O–H groups in total. The maximum absolute atomic E-state index is 6.41. The van der Waals surface area contributed by atoms with Gasteiger partial charge >= 0.3 is 0 Å². The number of nitrogens with one attached hydrogen (secondary N) is 1. The second kappa shape index (κ2) is 5.88. The topological polar surface area (TPSA) is 12.0 Å². The molecule has 1 nitrogen and oxygen atoms in total. The zero-order valence-electron chi connectivity index (χ0n) is 12.8. The molecule has 1 aromatic heterocycles. The smallest absolute Gasteiger partial charge is 0.0683 e. The fourth-order valence-corrected chi connectivity index (χ4v) is 3.71. The second-order valence-electron chi connectivity index (χ2n) is 6.19. The molecule has 0 radical (unpaired) electrons. The lowest BCUT2D eigenvalue weighted by atomic mass is 9.86. The monoisotopic (exact) mass is 307 g/mol. The van der Waals surface area contributed by atoms with Crippen LogP contribution in [0.25, 0.3) is 0 Å². The summed E-state index contributed by atoms with van der Waals surface area (Å²) in [6.07, 6.45) is 0. The van der Waals surface area contributed by atoms with Crippen molar-refractivity contribution in [3.05, 3.63) is 56.2 Å². The van der Waals surface area contributed by atoms with Crippen molar-refractivity contribution in [3.8, 4) is 0 Å². The number of rotatable bonds is 3. The highest BCUT2D eigenvalue weighted by Crippen LogP contribution is 2.36. The number of hydrogen-bond donors (Lipinski definition) is 1. The first-order valence-electron chi connectivity index (χ1n) is 6.85. The lowest BCUT2D eigenvalue weighted by Crippen LogP contribution is -2.17. The Morgan fingerprint density at radius 2 is 1.75 bits per heavy atom. The van der Waals surface area contributed by atoms with Gasteiger partial charge in [0.05, 0.1) is 11.1 Å². The van der Waals surface area contributed by atoms with E-state index in [9.17, 15) is 0 Å². The molecule has 0 saturated heterocycles. The molecule has 20 heavy (non-hydrogen) atoms. The summed E-state index contributed by atoms with van der Waals surface area (Å²) < 4.78 is 0. The van der Waals surface area contributed by atoms with Gasteiger partial charge in [-0.05, 0) is 41.5 Å². The highest BCUT2D eigenvalue weighted by atomic mass is 35.5. The SMILES string of the molecule is CNC(c1ccc(C(C)(C)C)cc1)c1scc(C)c1Cl. The number of halogens is 1. The van der Waals surface area contributed by atoms with Gasteiger partial charge in [0.1, 0.15) is 0 Å². The van der Waals surface area contributed by atoms with E-state index in [0.29, 0.717) is 0 Å². The van der Waals surface area contributed by atoms with Crippen LogP contribution in [-0.4, -0.2) is 7.05 Å². The third kappa shape index (κ3) is 3.08. The van der Waals surface area contributed by atoms with E-state index in [-0.39, 0.29) is 11.5 Å². The largest absolute Gasteiger partial charge is 0.309 e. The standard InChI is InChI=1S/C17H22ClNS/c1-11-10-20-16(14(11)18)15(19-5)12-6-8-13(9-7-12)17(2,3)4/h6-10,15,19H,1-5H3. The summed E-state index contributed by atoms with van der Waals surface area (Å²) in [5.41, 5.74) is 3.94. The Balaban J connectivity index is 2.36. The van der Waals surface area contributed by atoms with Crippen molar-refractivity contribution < 1.29 is 0 Å². The van der Waals surface area contributed by atoms with E-state index >= 15 is 0 Å². The third-order valence-electron chi connectivity index (χ3n) is 3.59. The molecule has 0 amide bonds. The number of aryl methyl sites for hydroxylation is 1. The summed E-state index contributed by atoms with van der Waals surface area (Å²) in [5, 5.41) is 6.37. The predicted molar refractivity (Wildman–Crippen MR) is 90.1 cm³/mol. The maximum Gasteiger partial charge on any atom is 0.0683 e. The normalized spacial score (nSPS) is 13.5. The highest BCUT2D eigenvalue weighted by molar-refractivity contribution is 7.10. The van der Waals surface area contributed by atoms with E-state index in [1.54, 1.807) is 11.3 Å². The van der Waals surface area contributed by atoms with Crippen molar-refractivity contribution >= 4 is 22.9 Å². The Kier molecular flexibility index (Phi) is 4.58. The summed E-state index contributed by atoms with van der Waals surface area (Å²) in [4.78, 5) is 1.19. The van der Waals surface area contributed by atoms with E-state index in [1.807, 2.05) is 7.05 Å². The van der Waals surface area contributed by atoms with Crippen LogP contribution in [0.15, 0.2) is 29.6 Å². The zero-order chi connectivity index (χ0) is 14.9. The summed E-state index contributed by atoms with van der Waals surface area (Å²) in [7, 11) is 1.98. The molecule has 0 saturated carbocycles. The molecule has 2 aromatic rings. The van der Waals surface area contributed by atoms with Crippen molar-refractivity contribution in [2.24, 2.45) is 0 Å². The second-order valence-corrected chi connectivity index (χ2v) is 7.48. The van der Waals surface area contributed by atoms with E-state index in [0.717, 1.165) is 10.6 Å². The van der Waals surface area contributed by atoms with Crippen LogP contribution in [-0.2, 0) is 5.41 Å². The Bertz CT molecular complexity index is 578. The molecule has 3 heteroatoms. The van der Waals surface area contributed by atoms with Crippen molar-refractivity contribution in [3.63, 3.8) is 0 Å². The van der Waals surface area contributed by atoms with Gasteiger partial charge in [-0.25, -0.2) is 0 Å². The van der Waals surface area contributed by atoms with Crippen LogP contribution in [0.4, 0.5) is 0 Å². The Morgan fingerprint density at radius 1 is 1.15 bits per heavy atom. The molecule has 1 heterocycles. The highest BCUT2D eigenvalue weighted by Gasteiger charge is 2.19. The van der Waals surface area contributed by atoms with Crippen LogP contribution in [0.2, 0.25) is 5.02 Å². The van der Waals surface area contributed by atoms with Gasteiger partial charge in [-0.15, -0.1) is 11.3 Å². The first-order chi connectivity index (χ1) is 9.34. The van der Waals surface area contributed by atoms with E-state index in [4.69, 9.17) is 11.6 Å². The molecular formula is C17H22ClNS. The number of benzene rings is 1. The minimum Gasteiger partial charge on any atom is -0.309 e. The van der Waals surface area contributed by atoms with Crippen LogP contribution in [0.1, 0.15) is 48.4 Å². The lowest BCUT2D eigenvalue weighted by molar-refractivity contribution is 0.589. The molecule has 0 bridgehead atoms. The van der Waals surface area contributed by atoms with Gasteiger partial charge in [-0.1, -0.05) is 56.6 Å². The molecule has 0 spiro atoms. The number of hydrogen-bond acceptors (Lipinski definition) is 2. The van der Waals surface area contributed by atoms with Crippen LogP contribution in [0, 0.1) is 6.92 Å². The number of thiophene rings is 1. The molecule has 1 atom stereocenters. The molecule has 1 aromatic carbocycles. The quantitative estimate of drug-likeness (QED) is 0.809. The first kappa shape index (κ1) is 15.6. The predicted octanol–water partition coefficient (Wildman–Crippen LogP) is 5.32. The third-order valence-corrected chi connectivity index (χ3v) is 5.37. The summed E-state index contributed by atoms with van der Waals surface area (Å²) in [6, 6.07) is 9.00. The lowest BCUT2D eigenvalue weighted by Gasteiger charge is -2.21. The van der Waals surface area contributed by atoms with Gasteiger partial charge in [0.15, 0.2) is 0 Å². The van der Waals surface area contributed by atoms with Gasteiger partial charge in [-0.2, -0.15) is 0 Å². The molecule has 1 unspecified atom stereocenters. The van der Waals surface area contributed by atoms with Crippen LogP contribution >= 0.6 is 22.9 Å². The van der Waals surface area contributed by atoms with Crippen molar-refractivity contribution in [1.29, 1.82) is 0 Å². The van der Waals surface area contributed by atoms with Crippen LogP contribution in [0.3, 0.4) is 0 Å². The molecule has 0 aliphatic carbocycles. The van der Waals surface area contributed by atoms with Crippen LogP contribution < -0.4 is 5.32 Å². The maximum atomic E-state index is 6.41. The zero-order valence-corrected chi connectivity index (χ0v) is 14.3. The summed E-state index contributed by atoms with van der Waals surface area (Å²) in [6.45, 7) is 8.75. The Morgan fingerprint density at radius 3 is 2.15 bits per heavy atom. The molecule has 2 rings (SSSR count). The van der Waals surface area contributed by atoms with E-state index in [1.165, 1.54) is 16.0 Å². The minimum absolute atomic E-state index is 0.162. The molecule has 108 valence electrons. The van der Waals surface area contributed by atoms with Crippen molar-refractivity contribution in [1.82, 2.24) is 5.32 Å². The van der Waals surface area contributed by atoms with Crippen molar-refractivity contribution in [2.75, 3.05) is 7.05 Å². The molecule has 0 aliphatic heterocycles. The Hall–Kier alpha value is -0.830. The first-order valence-corrected chi connectivity index (χ1v) is 8.11. The Labute approximate surface area is 131 Å². The average Bonchev–Trinajstić information content (AvgIpc) is 2.72. The van der Waals surface area contributed by atoms with E-state index < -0.39 is 0 Å². The van der Waals surface area contributed by atoms with Gasteiger partial charge in [-0.3, -0.25) is 0 Å². The van der Waals surface area contributed by atoms with Gasteiger partial charge in [0.25, 0.3) is 0 Å².